The normalized spacial score (nSPS) is 31.1. The van der Waals surface area contributed by atoms with E-state index in [0.29, 0.717) is 11.2 Å². The molecule has 0 radical (unpaired) electrons. The Morgan fingerprint density at radius 3 is 2.74 bits per heavy atom. The summed E-state index contributed by atoms with van der Waals surface area (Å²) in [7, 11) is 0. The van der Waals surface area contributed by atoms with Gasteiger partial charge in [-0.1, -0.05) is 0 Å². The van der Waals surface area contributed by atoms with Gasteiger partial charge in [0.2, 0.25) is 0 Å². The van der Waals surface area contributed by atoms with Gasteiger partial charge in [-0.15, -0.1) is 11.8 Å². The minimum atomic E-state index is -1.00. The molecule has 3 rings (SSSR count). The molecule has 2 aromatic heterocycles. The van der Waals surface area contributed by atoms with Crippen molar-refractivity contribution in [2.24, 2.45) is 0 Å². The highest BCUT2D eigenvalue weighted by Gasteiger charge is 2.43. The Kier molecular flexibility index (Phi) is 3.05. The van der Waals surface area contributed by atoms with E-state index in [1.165, 1.54) is 24.4 Å². The quantitative estimate of drug-likeness (QED) is 0.537. The van der Waals surface area contributed by atoms with Crippen LogP contribution in [0.2, 0.25) is 0 Å². The SMILES string of the molecule is Nc1ncnc2c1ncn2[C@H]1S[C@@H](CO)[C@@H](O)[C@H]1O. The molecule has 2 aromatic rings. The topological polar surface area (TPSA) is 130 Å². The van der Waals surface area contributed by atoms with Crippen LogP contribution in [0.5, 0.6) is 0 Å². The summed E-state index contributed by atoms with van der Waals surface area (Å²) in [6.45, 7) is -0.205. The van der Waals surface area contributed by atoms with Crippen LogP contribution in [-0.4, -0.2) is 58.9 Å². The van der Waals surface area contributed by atoms with E-state index in [1.807, 2.05) is 0 Å². The minimum absolute atomic E-state index is 0.205. The van der Waals surface area contributed by atoms with E-state index >= 15 is 0 Å². The van der Waals surface area contributed by atoms with Crippen LogP contribution >= 0.6 is 11.8 Å². The highest BCUT2D eigenvalue weighted by molar-refractivity contribution is 8.00. The van der Waals surface area contributed by atoms with Crippen LogP contribution in [0.15, 0.2) is 12.7 Å². The van der Waals surface area contributed by atoms with E-state index in [4.69, 9.17) is 10.8 Å². The minimum Gasteiger partial charge on any atom is -0.395 e. The summed E-state index contributed by atoms with van der Waals surface area (Å²) < 4.78 is 1.64. The van der Waals surface area contributed by atoms with Gasteiger partial charge >= 0.3 is 0 Å². The van der Waals surface area contributed by atoms with Gasteiger partial charge in [0.15, 0.2) is 11.5 Å². The Labute approximate surface area is 112 Å². The Balaban J connectivity index is 2.04. The molecule has 0 amide bonds. The van der Waals surface area contributed by atoms with Crippen LogP contribution in [0.1, 0.15) is 5.37 Å². The number of aromatic nitrogens is 4. The Morgan fingerprint density at radius 1 is 1.26 bits per heavy atom. The maximum Gasteiger partial charge on any atom is 0.166 e. The summed E-state index contributed by atoms with van der Waals surface area (Å²) in [5, 5.41) is 28.2. The maximum atomic E-state index is 10.1. The zero-order chi connectivity index (χ0) is 13.6. The van der Waals surface area contributed by atoms with Crippen LogP contribution in [0.3, 0.4) is 0 Å². The van der Waals surface area contributed by atoms with Crippen molar-refractivity contribution in [2.45, 2.75) is 22.8 Å². The van der Waals surface area contributed by atoms with Crippen molar-refractivity contribution in [1.82, 2.24) is 19.5 Å². The zero-order valence-electron chi connectivity index (χ0n) is 9.79. The molecule has 5 N–H and O–H groups in total. The molecule has 1 saturated heterocycles. The molecule has 1 aliphatic heterocycles. The lowest BCUT2D eigenvalue weighted by molar-refractivity contribution is 0.0113. The first kappa shape index (κ1) is 12.6. The number of rotatable bonds is 2. The van der Waals surface area contributed by atoms with Gasteiger partial charge in [0.25, 0.3) is 0 Å². The number of nitrogen functional groups attached to an aromatic ring is 1. The maximum absolute atomic E-state index is 10.1. The molecule has 0 aromatic carbocycles. The van der Waals surface area contributed by atoms with Crippen molar-refractivity contribution in [3.8, 4) is 0 Å². The first-order chi connectivity index (χ1) is 9.13. The van der Waals surface area contributed by atoms with Crippen molar-refractivity contribution < 1.29 is 15.3 Å². The average molecular weight is 283 g/mol. The van der Waals surface area contributed by atoms with Gasteiger partial charge in [-0.05, 0) is 0 Å². The fraction of sp³-hybridized carbons (Fsp3) is 0.500. The molecule has 0 aliphatic carbocycles. The Bertz CT molecular complexity index is 606. The number of fused-ring (bicyclic) bond motifs is 1. The molecule has 0 saturated carbocycles. The monoisotopic (exact) mass is 283 g/mol. The van der Waals surface area contributed by atoms with Crippen molar-refractivity contribution in [3.05, 3.63) is 12.7 Å². The third-order valence-electron chi connectivity index (χ3n) is 3.18. The second kappa shape index (κ2) is 4.60. The highest BCUT2D eigenvalue weighted by Crippen LogP contribution is 2.42. The average Bonchev–Trinajstić information content (AvgIpc) is 2.94. The summed E-state index contributed by atoms with van der Waals surface area (Å²) in [6.07, 6.45) is 0.831. The molecule has 3 heterocycles. The first-order valence-electron chi connectivity index (χ1n) is 5.69. The van der Waals surface area contributed by atoms with Crippen molar-refractivity contribution >= 4 is 28.7 Å². The number of aliphatic hydroxyl groups excluding tert-OH is 3. The predicted molar refractivity (Wildman–Crippen MR) is 69.3 cm³/mol. The summed E-state index contributed by atoms with van der Waals surface area (Å²) in [4.78, 5) is 12.1. The Morgan fingerprint density at radius 2 is 2.05 bits per heavy atom. The van der Waals surface area contributed by atoms with Crippen molar-refractivity contribution in [3.63, 3.8) is 0 Å². The van der Waals surface area contributed by atoms with Crippen LogP contribution in [0, 0.1) is 0 Å². The molecule has 0 spiro atoms. The number of nitrogens with zero attached hydrogens (tertiary/aromatic N) is 4. The lowest BCUT2D eigenvalue weighted by atomic mass is 10.1. The summed E-state index contributed by atoms with van der Waals surface area (Å²) in [5.41, 5.74) is 6.65. The van der Waals surface area contributed by atoms with E-state index in [9.17, 15) is 10.2 Å². The highest BCUT2D eigenvalue weighted by atomic mass is 32.2. The van der Waals surface area contributed by atoms with E-state index in [2.05, 4.69) is 15.0 Å². The number of hydrogen-bond acceptors (Lipinski definition) is 8. The Hall–Kier alpha value is -1.42. The largest absolute Gasteiger partial charge is 0.395 e. The molecule has 1 fully saturated rings. The van der Waals surface area contributed by atoms with Crippen molar-refractivity contribution in [2.75, 3.05) is 12.3 Å². The third kappa shape index (κ3) is 1.86. The van der Waals surface area contributed by atoms with Gasteiger partial charge in [0.1, 0.15) is 23.3 Å². The van der Waals surface area contributed by atoms with Crippen LogP contribution in [0.4, 0.5) is 5.82 Å². The molecular weight excluding hydrogens is 270 g/mol. The van der Waals surface area contributed by atoms with E-state index in [1.54, 1.807) is 4.57 Å². The number of hydrogen-bond donors (Lipinski definition) is 4. The number of thioether (sulfide) groups is 1. The van der Waals surface area contributed by atoms with Crippen LogP contribution < -0.4 is 5.73 Å². The summed E-state index contributed by atoms with van der Waals surface area (Å²) in [5.74, 6) is 0.264. The lowest BCUT2D eigenvalue weighted by Crippen LogP contribution is -2.32. The molecule has 19 heavy (non-hydrogen) atoms. The second-order valence-electron chi connectivity index (χ2n) is 4.31. The lowest BCUT2D eigenvalue weighted by Gasteiger charge is -2.16. The molecular formula is C10H13N5O3S. The van der Waals surface area contributed by atoms with Gasteiger partial charge in [-0.25, -0.2) is 15.0 Å². The van der Waals surface area contributed by atoms with E-state index in [-0.39, 0.29) is 12.4 Å². The number of anilines is 1. The molecule has 0 unspecified atom stereocenters. The van der Waals surface area contributed by atoms with Crippen molar-refractivity contribution in [1.29, 1.82) is 0 Å². The molecule has 8 nitrogen and oxygen atoms in total. The first-order valence-corrected chi connectivity index (χ1v) is 6.63. The van der Waals surface area contributed by atoms with Gasteiger partial charge in [0, 0.05) is 0 Å². The summed E-state index contributed by atoms with van der Waals surface area (Å²) in [6, 6.07) is 0. The van der Waals surface area contributed by atoms with Crippen LogP contribution in [-0.2, 0) is 0 Å². The number of nitrogens with two attached hydrogens (primary N) is 1. The van der Waals surface area contributed by atoms with Gasteiger partial charge in [0.05, 0.1) is 24.3 Å². The molecule has 9 heteroatoms. The van der Waals surface area contributed by atoms with Gasteiger partial charge in [-0.3, -0.25) is 4.57 Å². The molecule has 4 atom stereocenters. The van der Waals surface area contributed by atoms with Gasteiger partial charge in [-0.2, -0.15) is 0 Å². The third-order valence-corrected chi connectivity index (χ3v) is 4.74. The molecule has 1 aliphatic rings. The number of aliphatic hydroxyl groups is 3. The molecule has 0 bridgehead atoms. The summed E-state index contributed by atoms with van der Waals surface area (Å²) >= 11 is 1.28. The molecule has 102 valence electrons. The fourth-order valence-corrected chi connectivity index (χ4v) is 3.54. The van der Waals surface area contributed by atoms with E-state index in [0.717, 1.165) is 0 Å². The fourth-order valence-electron chi connectivity index (χ4n) is 2.17. The zero-order valence-corrected chi connectivity index (χ0v) is 10.6. The second-order valence-corrected chi connectivity index (χ2v) is 5.67. The number of imidazole rings is 1. The van der Waals surface area contributed by atoms with Crippen LogP contribution in [0.25, 0.3) is 11.2 Å². The standard InChI is InChI=1S/C10H13N5O3S/c11-8-5-9(13-2-12-8)15(3-14-5)10-7(18)6(17)4(1-16)19-10/h2-4,6-7,10,16-18H,1H2,(H2,11,12,13)/t4-,6+,7+,10-/m0/s1. The van der Waals surface area contributed by atoms with E-state index < -0.39 is 22.8 Å². The predicted octanol–water partition coefficient (Wildman–Crippen LogP) is -1.26. The van der Waals surface area contributed by atoms with Gasteiger partial charge < -0.3 is 21.1 Å². The smallest absolute Gasteiger partial charge is 0.166 e.